The van der Waals surface area contributed by atoms with E-state index in [1.807, 2.05) is 54.6 Å². The van der Waals surface area contributed by atoms with Crippen molar-refractivity contribution in [3.8, 4) is 22.4 Å². The molecule has 0 aliphatic carbocycles. The van der Waals surface area contributed by atoms with Crippen LogP contribution in [0.2, 0.25) is 0 Å². The van der Waals surface area contributed by atoms with Gasteiger partial charge >= 0.3 is 0 Å². The third kappa shape index (κ3) is 2.27. The Morgan fingerprint density at radius 1 is 0.842 bits per heavy atom. The zero-order chi connectivity index (χ0) is 15.6. The fourth-order valence-electron chi connectivity index (χ4n) is 2.20. The zero-order valence-electron chi connectivity index (χ0n) is 13.4. The first-order valence-electron chi connectivity index (χ1n) is 7.68. The third-order valence-corrected chi connectivity index (χ3v) is 3.07. The van der Waals surface area contributed by atoms with Gasteiger partial charge in [0, 0.05) is 15.9 Å². The van der Waals surface area contributed by atoms with E-state index in [1.54, 1.807) is 18.3 Å². The number of hydrogen-bond donors (Lipinski definition) is 0. The van der Waals surface area contributed by atoms with Crippen molar-refractivity contribution in [1.29, 1.82) is 0 Å². The second kappa shape index (κ2) is 5.07. The maximum atomic E-state index is 7.83. The molecule has 0 amide bonds. The Morgan fingerprint density at radius 3 is 2.42 bits per heavy atom. The van der Waals surface area contributed by atoms with E-state index in [-0.39, 0.29) is 0 Å². The minimum atomic E-state index is -2.18. The Labute approximate surface area is 117 Å². The molecule has 0 aliphatic rings. The summed E-state index contributed by atoms with van der Waals surface area (Å²) >= 11 is 0. The average molecular weight is 248 g/mol. The van der Waals surface area contributed by atoms with Crippen molar-refractivity contribution in [2.45, 2.75) is 6.85 Å². The number of pyridine rings is 1. The lowest BCUT2D eigenvalue weighted by Gasteiger charge is -2.12. The highest BCUT2D eigenvalue weighted by Crippen LogP contribution is 2.33. The summed E-state index contributed by atoms with van der Waals surface area (Å²) in [7, 11) is 0. The molecular formula is C18H15N. The summed E-state index contributed by atoms with van der Waals surface area (Å²) in [6, 6.07) is 20.7. The van der Waals surface area contributed by atoms with Crippen LogP contribution in [0.3, 0.4) is 0 Å². The van der Waals surface area contributed by atoms with Crippen LogP contribution in [0, 0.1) is 6.85 Å². The number of rotatable bonds is 2. The van der Waals surface area contributed by atoms with Crippen LogP contribution < -0.4 is 0 Å². The first kappa shape index (κ1) is 8.65. The van der Waals surface area contributed by atoms with Gasteiger partial charge in [0.05, 0.1) is 5.69 Å². The van der Waals surface area contributed by atoms with Gasteiger partial charge in [-0.3, -0.25) is 4.98 Å². The third-order valence-electron chi connectivity index (χ3n) is 3.07. The fraction of sp³-hybridized carbons (Fsp3) is 0.0556. The topological polar surface area (TPSA) is 12.9 Å². The monoisotopic (exact) mass is 248 g/mol. The molecule has 0 fully saturated rings. The number of benzene rings is 2. The van der Waals surface area contributed by atoms with E-state index in [1.165, 1.54) is 0 Å². The molecule has 0 aliphatic heterocycles. The summed E-state index contributed by atoms with van der Waals surface area (Å²) in [4.78, 5) is 4.36. The highest BCUT2D eigenvalue weighted by atomic mass is 14.7. The Hall–Kier alpha value is -2.41. The van der Waals surface area contributed by atoms with Crippen molar-refractivity contribution in [3.05, 3.63) is 78.5 Å². The average Bonchev–Trinajstić information content (AvgIpc) is 2.55. The largest absolute Gasteiger partial charge is 0.256 e. The maximum absolute atomic E-state index is 7.83. The summed E-state index contributed by atoms with van der Waals surface area (Å²) in [5.74, 6) is 0. The minimum Gasteiger partial charge on any atom is -0.256 e. The van der Waals surface area contributed by atoms with Gasteiger partial charge in [-0.25, -0.2) is 0 Å². The molecule has 3 rings (SSSR count). The van der Waals surface area contributed by atoms with Crippen molar-refractivity contribution in [1.82, 2.24) is 4.98 Å². The summed E-state index contributed by atoms with van der Waals surface area (Å²) in [6.07, 6.45) is 1.68. The Bertz CT molecular complexity index is 765. The normalized spacial score (nSPS) is 13.4. The van der Waals surface area contributed by atoms with Crippen LogP contribution in [0.4, 0.5) is 0 Å². The van der Waals surface area contributed by atoms with Gasteiger partial charge in [0.1, 0.15) is 0 Å². The van der Waals surface area contributed by atoms with Crippen molar-refractivity contribution in [3.63, 3.8) is 0 Å². The van der Waals surface area contributed by atoms with Crippen LogP contribution in [0.15, 0.2) is 72.9 Å². The van der Waals surface area contributed by atoms with Crippen LogP contribution in [0.25, 0.3) is 22.4 Å². The number of aromatic nitrogens is 1. The van der Waals surface area contributed by atoms with Crippen LogP contribution in [0.5, 0.6) is 0 Å². The van der Waals surface area contributed by atoms with Crippen molar-refractivity contribution < 1.29 is 4.11 Å². The summed E-state index contributed by atoms with van der Waals surface area (Å²) in [5.41, 5.74) is 3.54. The van der Waals surface area contributed by atoms with Crippen LogP contribution in [-0.4, -0.2) is 4.98 Å². The minimum absolute atomic E-state index is 0.326. The van der Waals surface area contributed by atoms with Crippen molar-refractivity contribution in [2.24, 2.45) is 0 Å². The van der Waals surface area contributed by atoms with Crippen LogP contribution >= 0.6 is 0 Å². The summed E-state index contributed by atoms with van der Waals surface area (Å²) < 4.78 is 23.5. The molecule has 19 heavy (non-hydrogen) atoms. The van der Waals surface area contributed by atoms with Crippen molar-refractivity contribution >= 4 is 0 Å². The molecular weight excluding hydrogens is 230 g/mol. The molecule has 0 spiro atoms. The first-order chi connectivity index (χ1) is 10.6. The van der Waals surface area contributed by atoms with Gasteiger partial charge in [-0.15, -0.1) is 0 Å². The van der Waals surface area contributed by atoms with Crippen molar-refractivity contribution in [2.75, 3.05) is 0 Å². The highest BCUT2D eigenvalue weighted by molar-refractivity contribution is 5.83. The maximum Gasteiger partial charge on any atom is 0.0710 e. The highest BCUT2D eigenvalue weighted by Gasteiger charge is 2.10. The molecule has 0 N–H and O–H groups in total. The molecule has 0 bridgehead atoms. The molecule has 2 aromatic carbocycles. The standard InChI is InChI=1S/C18H15N/c1-14-8-7-11-16(15-9-3-2-4-10-15)18(14)17-12-5-6-13-19-17/h2-13H,1H3/i1D3. The lowest BCUT2D eigenvalue weighted by atomic mass is 9.94. The van der Waals surface area contributed by atoms with E-state index < -0.39 is 6.85 Å². The predicted octanol–water partition coefficient (Wildman–Crippen LogP) is 4.72. The number of nitrogens with zero attached hydrogens (tertiary/aromatic N) is 1. The van der Waals surface area contributed by atoms with E-state index >= 15 is 0 Å². The Morgan fingerprint density at radius 2 is 1.68 bits per heavy atom. The van der Waals surface area contributed by atoms with E-state index in [0.717, 1.165) is 11.1 Å². The molecule has 1 heterocycles. The molecule has 3 aromatic rings. The molecule has 1 nitrogen and oxygen atoms in total. The van der Waals surface area contributed by atoms with Crippen LogP contribution in [-0.2, 0) is 0 Å². The van der Waals surface area contributed by atoms with Gasteiger partial charge in [0.15, 0.2) is 0 Å². The molecule has 0 unspecified atom stereocenters. The Kier molecular flexibility index (Phi) is 2.31. The first-order valence-corrected chi connectivity index (χ1v) is 6.18. The second-order valence-corrected chi connectivity index (χ2v) is 4.31. The van der Waals surface area contributed by atoms with Gasteiger partial charge in [0.25, 0.3) is 0 Å². The molecule has 1 heteroatoms. The quantitative estimate of drug-likeness (QED) is 0.639. The molecule has 92 valence electrons. The summed E-state index contributed by atoms with van der Waals surface area (Å²) in [6.45, 7) is -2.18. The van der Waals surface area contributed by atoms with Gasteiger partial charge in [-0.1, -0.05) is 54.6 Å². The predicted molar refractivity (Wildman–Crippen MR) is 79.8 cm³/mol. The van der Waals surface area contributed by atoms with E-state index in [9.17, 15) is 0 Å². The number of hydrogen-bond acceptors (Lipinski definition) is 1. The lowest BCUT2D eigenvalue weighted by molar-refractivity contribution is 1.31. The number of aryl methyl sites for hydroxylation is 1. The van der Waals surface area contributed by atoms with E-state index in [0.29, 0.717) is 16.8 Å². The summed E-state index contributed by atoms with van der Waals surface area (Å²) in [5, 5.41) is 0. The van der Waals surface area contributed by atoms with Gasteiger partial charge < -0.3 is 0 Å². The molecule has 1 aromatic heterocycles. The van der Waals surface area contributed by atoms with Gasteiger partial charge in [-0.2, -0.15) is 0 Å². The smallest absolute Gasteiger partial charge is 0.0710 e. The SMILES string of the molecule is [2H]C([2H])([2H])c1cccc(-c2ccccc2)c1-c1ccccn1. The van der Waals surface area contributed by atoms with E-state index in [4.69, 9.17) is 4.11 Å². The zero-order valence-corrected chi connectivity index (χ0v) is 10.4. The van der Waals surface area contributed by atoms with Gasteiger partial charge in [-0.05, 0) is 35.7 Å². The van der Waals surface area contributed by atoms with Crippen LogP contribution in [0.1, 0.15) is 9.68 Å². The fourth-order valence-corrected chi connectivity index (χ4v) is 2.20. The second-order valence-electron chi connectivity index (χ2n) is 4.31. The molecule has 0 saturated carbocycles. The lowest BCUT2D eigenvalue weighted by Crippen LogP contribution is -1.90. The van der Waals surface area contributed by atoms with E-state index in [2.05, 4.69) is 4.98 Å². The molecule has 0 atom stereocenters. The molecule has 0 saturated heterocycles. The molecule has 0 radical (unpaired) electrons. The van der Waals surface area contributed by atoms with Gasteiger partial charge in [0.2, 0.25) is 0 Å². The Balaban J connectivity index is 2.32.